The Morgan fingerprint density at radius 1 is 1.30 bits per heavy atom. The zero-order valence-electron chi connectivity index (χ0n) is 11.0. The van der Waals surface area contributed by atoms with Gasteiger partial charge in [-0.3, -0.25) is 9.97 Å². The maximum atomic E-state index is 11.1. The molecule has 1 aromatic carbocycles. The van der Waals surface area contributed by atoms with E-state index in [2.05, 4.69) is 9.97 Å². The Morgan fingerprint density at radius 2 is 2.10 bits per heavy atom. The molecule has 1 aliphatic rings. The Labute approximate surface area is 116 Å². The van der Waals surface area contributed by atoms with Gasteiger partial charge in [-0.05, 0) is 38.0 Å². The molecule has 1 saturated carbocycles. The van der Waals surface area contributed by atoms with Gasteiger partial charge in [0.25, 0.3) is 0 Å². The predicted molar refractivity (Wildman–Crippen MR) is 72.8 cm³/mol. The highest BCUT2D eigenvalue weighted by Gasteiger charge is 2.25. The molecule has 0 aliphatic heterocycles. The van der Waals surface area contributed by atoms with Gasteiger partial charge in [0.1, 0.15) is 5.75 Å². The predicted octanol–water partition coefficient (Wildman–Crippen LogP) is 2.69. The van der Waals surface area contributed by atoms with Crippen molar-refractivity contribution in [1.82, 2.24) is 9.97 Å². The lowest BCUT2D eigenvalue weighted by atomic mass is 10.1. The van der Waals surface area contributed by atoms with Crippen molar-refractivity contribution in [2.45, 2.75) is 25.9 Å². The maximum Gasteiger partial charge on any atom is 0.335 e. The van der Waals surface area contributed by atoms with Crippen LogP contribution < -0.4 is 4.74 Å². The first kappa shape index (κ1) is 12.6. The summed E-state index contributed by atoms with van der Waals surface area (Å²) in [5.41, 5.74) is 2.32. The van der Waals surface area contributed by atoms with E-state index in [9.17, 15) is 4.79 Å². The molecule has 3 rings (SSSR count). The summed E-state index contributed by atoms with van der Waals surface area (Å²) in [5.74, 6) is -0.306. The average Bonchev–Trinajstić information content (AvgIpc) is 3.24. The SMILES string of the molecule is Cc1cnc(-c2cc(C(=O)O)ccc2OC2CC2)cn1. The van der Waals surface area contributed by atoms with E-state index >= 15 is 0 Å². The van der Waals surface area contributed by atoms with Crippen LogP contribution in [0.1, 0.15) is 28.9 Å². The quantitative estimate of drug-likeness (QED) is 0.924. The normalized spacial score (nSPS) is 14.1. The molecule has 0 amide bonds. The standard InChI is InChI=1S/C15H14N2O3/c1-9-7-17-13(8-16-9)12-6-10(15(18)19)2-5-14(12)20-11-3-4-11/h2,5-8,11H,3-4H2,1H3,(H,18,19). The van der Waals surface area contributed by atoms with E-state index in [-0.39, 0.29) is 11.7 Å². The fraction of sp³-hybridized carbons (Fsp3) is 0.267. The van der Waals surface area contributed by atoms with Crippen LogP contribution in [0.3, 0.4) is 0 Å². The summed E-state index contributed by atoms with van der Waals surface area (Å²) in [6, 6.07) is 4.82. The van der Waals surface area contributed by atoms with Crippen molar-refractivity contribution in [2.24, 2.45) is 0 Å². The Kier molecular flexibility index (Phi) is 3.10. The number of carbonyl (C=O) groups is 1. The summed E-state index contributed by atoms with van der Waals surface area (Å²) in [6.45, 7) is 1.85. The number of carboxylic acids is 1. The molecule has 0 spiro atoms. The molecular weight excluding hydrogens is 256 g/mol. The molecule has 5 nitrogen and oxygen atoms in total. The number of hydrogen-bond acceptors (Lipinski definition) is 4. The second-order valence-corrected chi connectivity index (χ2v) is 4.88. The van der Waals surface area contributed by atoms with E-state index < -0.39 is 5.97 Å². The highest BCUT2D eigenvalue weighted by Crippen LogP contribution is 2.34. The smallest absolute Gasteiger partial charge is 0.335 e. The number of benzene rings is 1. The fourth-order valence-electron chi connectivity index (χ4n) is 1.86. The van der Waals surface area contributed by atoms with Crippen LogP contribution >= 0.6 is 0 Å². The van der Waals surface area contributed by atoms with Gasteiger partial charge in [0.2, 0.25) is 0 Å². The minimum absolute atomic E-state index is 0.213. The van der Waals surface area contributed by atoms with Gasteiger partial charge in [-0.15, -0.1) is 0 Å². The highest BCUT2D eigenvalue weighted by atomic mass is 16.5. The number of aromatic nitrogens is 2. The number of nitrogens with zero attached hydrogens (tertiary/aromatic N) is 2. The van der Waals surface area contributed by atoms with Gasteiger partial charge in [0, 0.05) is 11.8 Å². The van der Waals surface area contributed by atoms with Crippen molar-refractivity contribution >= 4 is 5.97 Å². The van der Waals surface area contributed by atoms with Crippen LogP contribution in [0.25, 0.3) is 11.3 Å². The molecule has 1 N–H and O–H groups in total. The Balaban J connectivity index is 2.05. The molecular formula is C15H14N2O3. The van der Waals surface area contributed by atoms with Crippen molar-refractivity contribution in [3.63, 3.8) is 0 Å². The van der Waals surface area contributed by atoms with Crippen LogP contribution in [-0.2, 0) is 0 Å². The van der Waals surface area contributed by atoms with Crippen LogP contribution in [0.4, 0.5) is 0 Å². The van der Waals surface area contributed by atoms with E-state index in [1.165, 1.54) is 0 Å². The second-order valence-electron chi connectivity index (χ2n) is 4.88. The van der Waals surface area contributed by atoms with Crippen molar-refractivity contribution in [1.29, 1.82) is 0 Å². The van der Waals surface area contributed by atoms with Gasteiger partial charge in [-0.25, -0.2) is 4.79 Å². The van der Waals surface area contributed by atoms with Crippen LogP contribution in [0.5, 0.6) is 5.75 Å². The average molecular weight is 270 g/mol. The van der Waals surface area contributed by atoms with Gasteiger partial charge in [-0.1, -0.05) is 0 Å². The lowest BCUT2D eigenvalue weighted by molar-refractivity contribution is 0.0697. The molecule has 1 aliphatic carbocycles. The first-order chi connectivity index (χ1) is 9.63. The van der Waals surface area contributed by atoms with Gasteiger partial charge in [0.05, 0.1) is 29.3 Å². The number of rotatable bonds is 4. The largest absolute Gasteiger partial charge is 0.490 e. The second kappa shape index (κ2) is 4.92. The van der Waals surface area contributed by atoms with E-state index in [0.29, 0.717) is 17.0 Å². The number of hydrogen-bond donors (Lipinski definition) is 1. The zero-order valence-corrected chi connectivity index (χ0v) is 11.0. The Hall–Kier alpha value is -2.43. The molecule has 20 heavy (non-hydrogen) atoms. The van der Waals surface area contributed by atoms with Gasteiger partial charge >= 0.3 is 5.97 Å². The third-order valence-electron chi connectivity index (χ3n) is 3.10. The molecule has 1 aromatic heterocycles. The van der Waals surface area contributed by atoms with Crippen molar-refractivity contribution in [3.05, 3.63) is 41.9 Å². The Bertz CT molecular complexity index is 649. The molecule has 0 bridgehead atoms. The van der Waals surface area contributed by atoms with Gasteiger partial charge in [-0.2, -0.15) is 0 Å². The molecule has 102 valence electrons. The number of aryl methyl sites for hydroxylation is 1. The molecule has 2 aromatic rings. The Morgan fingerprint density at radius 3 is 2.70 bits per heavy atom. The van der Waals surface area contributed by atoms with E-state index in [0.717, 1.165) is 18.5 Å². The fourth-order valence-corrected chi connectivity index (χ4v) is 1.86. The molecule has 0 radical (unpaired) electrons. The topological polar surface area (TPSA) is 72.3 Å². The summed E-state index contributed by atoms with van der Waals surface area (Å²) < 4.78 is 5.82. The monoisotopic (exact) mass is 270 g/mol. The molecule has 1 fully saturated rings. The van der Waals surface area contributed by atoms with Crippen molar-refractivity contribution in [3.8, 4) is 17.0 Å². The first-order valence-electron chi connectivity index (χ1n) is 6.46. The molecule has 1 heterocycles. The summed E-state index contributed by atoms with van der Waals surface area (Å²) in [6.07, 6.45) is 5.61. The number of ether oxygens (including phenoxy) is 1. The van der Waals surface area contributed by atoms with Crippen molar-refractivity contribution in [2.75, 3.05) is 0 Å². The molecule has 0 unspecified atom stereocenters. The van der Waals surface area contributed by atoms with Gasteiger partial charge in [0.15, 0.2) is 0 Å². The summed E-state index contributed by atoms with van der Waals surface area (Å²) in [4.78, 5) is 19.6. The molecule has 0 saturated heterocycles. The zero-order chi connectivity index (χ0) is 14.1. The summed E-state index contributed by atoms with van der Waals surface area (Å²) in [5, 5.41) is 9.11. The van der Waals surface area contributed by atoms with E-state index in [1.54, 1.807) is 30.6 Å². The minimum atomic E-state index is -0.968. The maximum absolute atomic E-state index is 11.1. The van der Waals surface area contributed by atoms with Crippen LogP contribution in [0, 0.1) is 6.92 Å². The third-order valence-corrected chi connectivity index (χ3v) is 3.10. The molecule has 5 heteroatoms. The molecule has 0 atom stereocenters. The third kappa shape index (κ3) is 2.61. The number of carboxylic acid groups (broad SMARTS) is 1. The van der Waals surface area contributed by atoms with E-state index in [1.807, 2.05) is 6.92 Å². The van der Waals surface area contributed by atoms with Crippen molar-refractivity contribution < 1.29 is 14.6 Å². The van der Waals surface area contributed by atoms with Crippen LogP contribution in [0.2, 0.25) is 0 Å². The minimum Gasteiger partial charge on any atom is -0.490 e. The van der Waals surface area contributed by atoms with Gasteiger partial charge < -0.3 is 9.84 Å². The lowest BCUT2D eigenvalue weighted by Gasteiger charge is -2.11. The van der Waals surface area contributed by atoms with Crippen LogP contribution in [0.15, 0.2) is 30.6 Å². The van der Waals surface area contributed by atoms with Crippen LogP contribution in [-0.4, -0.2) is 27.1 Å². The summed E-state index contributed by atoms with van der Waals surface area (Å²) >= 11 is 0. The highest BCUT2D eigenvalue weighted by molar-refractivity contribution is 5.90. The summed E-state index contributed by atoms with van der Waals surface area (Å²) in [7, 11) is 0. The van der Waals surface area contributed by atoms with E-state index in [4.69, 9.17) is 9.84 Å². The number of aromatic carboxylic acids is 1. The first-order valence-corrected chi connectivity index (χ1v) is 6.46. The lowest BCUT2D eigenvalue weighted by Crippen LogP contribution is -2.02.